The lowest BCUT2D eigenvalue weighted by molar-refractivity contribution is 0.375. The Balaban J connectivity index is 1.78. The summed E-state index contributed by atoms with van der Waals surface area (Å²) in [6.07, 6.45) is 11.2. The van der Waals surface area contributed by atoms with Crippen molar-refractivity contribution in [1.82, 2.24) is 0 Å². The van der Waals surface area contributed by atoms with Gasteiger partial charge in [0.25, 0.3) is 8.32 Å². The Morgan fingerprint density at radius 1 is 0.600 bits per heavy atom. The molecular weight excluding hydrogens is 619 g/mol. The van der Waals surface area contributed by atoms with Crippen LogP contribution in [-0.4, -0.2) is 16.4 Å². The predicted molar refractivity (Wildman–Crippen MR) is 179 cm³/mol. The number of halogens is 6. The number of hydrogen-bond donors (Lipinski definition) is 0. The van der Waals surface area contributed by atoms with E-state index in [1.807, 2.05) is 13.8 Å². The van der Waals surface area contributed by atoms with Crippen molar-refractivity contribution in [2.45, 2.75) is 166 Å². The summed E-state index contributed by atoms with van der Waals surface area (Å²) in [5, 5.41) is -2.27. The maximum Gasteiger partial charge on any atom is 0.257 e. The number of fused-ring (bicyclic) bond motifs is 1. The quantitative estimate of drug-likeness (QED) is 0.0566. The van der Waals surface area contributed by atoms with Crippen LogP contribution in [0, 0.1) is 41.0 Å². The molecular formula is C36H55F6OSi2. The molecule has 2 aromatic carbocycles. The third-order valence-electron chi connectivity index (χ3n) is 11.3. The molecule has 1 fully saturated rings. The summed E-state index contributed by atoms with van der Waals surface area (Å²) in [7, 11) is -4.41. The molecule has 0 aromatic heterocycles. The highest BCUT2D eigenvalue weighted by atomic mass is 28.4. The molecule has 0 spiro atoms. The van der Waals surface area contributed by atoms with Crippen molar-refractivity contribution in [3.63, 3.8) is 0 Å². The van der Waals surface area contributed by atoms with Crippen LogP contribution in [0.4, 0.5) is 26.3 Å². The average Bonchev–Trinajstić information content (AvgIpc) is 2.98. The van der Waals surface area contributed by atoms with Crippen LogP contribution >= 0.6 is 0 Å². The second-order valence-corrected chi connectivity index (χ2v) is 25.6. The third-order valence-corrected chi connectivity index (χ3v) is 24.6. The summed E-state index contributed by atoms with van der Waals surface area (Å²) in [5.74, 6) is -11.6. The fraction of sp³-hybridized carbons (Fsp3) is 0.722. The Labute approximate surface area is 270 Å². The summed E-state index contributed by atoms with van der Waals surface area (Å²) in [5.41, 5.74) is 2.32. The zero-order chi connectivity index (χ0) is 33.7. The van der Waals surface area contributed by atoms with Crippen LogP contribution in [0.1, 0.15) is 126 Å². The largest absolute Gasteiger partial charge is 0.539 e. The third kappa shape index (κ3) is 7.81. The van der Waals surface area contributed by atoms with Gasteiger partial charge in [-0.1, -0.05) is 136 Å². The molecule has 1 nitrogen and oxygen atoms in total. The predicted octanol–water partition coefficient (Wildman–Crippen LogP) is 13.6. The Hall–Kier alpha value is -1.49. The Bertz CT molecular complexity index is 1250. The molecule has 255 valence electrons. The highest BCUT2D eigenvalue weighted by Gasteiger charge is 2.49. The molecule has 0 saturated heterocycles. The van der Waals surface area contributed by atoms with Gasteiger partial charge in [0.05, 0.1) is 13.5 Å². The zero-order valence-corrected chi connectivity index (χ0v) is 30.8. The summed E-state index contributed by atoms with van der Waals surface area (Å²) in [4.78, 5) is 0. The standard InChI is InChI=1S/C36H55F6OSi2/c1-23(2)44(24(3)4,25(5)6)20-16-11-9-10-12-17-21-45(26(7)8,27-18-14-13-15-19-27)43-36-34(41)30-28(31(38)35(36)42)22-29(37)32(39)33(30)40/h23-27H,9-21H2,1-8H3. The van der Waals surface area contributed by atoms with Crippen LogP contribution in [0.15, 0.2) is 0 Å². The van der Waals surface area contributed by atoms with Gasteiger partial charge in [-0.2, -0.15) is 4.39 Å². The molecule has 0 bridgehead atoms. The van der Waals surface area contributed by atoms with Crippen LogP contribution < -0.4 is 4.43 Å². The first-order valence-corrected chi connectivity index (χ1v) is 22.1. The smallest absolute Gasteiger partial charge is 0.257 e. The van der Waals surface area contributed by atoms with E-state index in [2.05, 4.69) is 41.5 Å². The molecule has 9 heteroatoms. The van der Waals surface area contributed by atoms with E-state index in [9.17, 15) is 13.2 Å². The van der Waals surface area contributed by atoms with Crippen LogP contribution in [0.2, 0.25) is 39.8 Å². The molecule has 2 aromatic rings. The van der Waals surface area contributed by atoms with Gasteiger partial charge in [0.15, 0.2) is 34.8 Å². The minimum absolute atomic E-state index is 0.0549. The maximum absolute atomic E-state index is 15.8. The van der Waals surface area contributed by atoms with Crippen molar-refractivity contribution in [3.05, 3.63) is 41.0 Å². The lowest BCUT2D eigenvalue weighted by atomic mass is 10.0. The number of hydrogen-bond acceptors (Lipinski definition) is 1. The van der Waals surface area contributed by atoms with E-state index in [0.717, 1.165) is 74.4 Å². The van der Waals surface area contributed by atoms with Crippen LogP contribution in [0.5, 0.6) is 5.75 Å². The normalized spacial score (nSPS) is 16.5. The minimum atomic E-state index is -3.01. The van der Waals surface area contributed by atoms with E-state index in [-0.39, 0.29) is 11.1 Å². The van der Waals surface area contributed by atoms with Gasteiger partial charge in [-0.05, 0) is 30.0 Å². The molecule has 1 aliphatic rings. The monoisotopic (exact) mass is 673 g/mol. The molecule has 0 heterocycles. The second kappa shape index (κ2) is 16.1. The van der Waals surface area contributed by atoms with Crippen LogP contribution in [0.25, 0.3) is 10.8 Å². The van der Waals surface area contributed by atoms with Gasteiger partial charge in [0.1, 0.15) is 0 Å². The summed E-state index contributed by atoms with van der Waals surface area (Å²) in [6.45, 7) is 18.4. The van der Waals surface area contributed by atoms with Crippen LogP contribution in [0.3, 0.4) is 0 Å². The van der Waals surface area contributed by atoms with E-state index in [4.69, 9.17) is 4.43 Å². The van der Waals surface area contributed by atoms with Crippen molar-refractivity contribution in [2.75, 3.05) is 0 Å². The molecule has 1 unspecified atom stereocenters. The molecule has 1 saturated carbocycles. The van der Waals surface area contributed by atoms with E-state index < -0.39 is 67.8 Å². The van der Waals surface area contributed by atoms with Gasteiger partial charge in [-0.3, -0.25) is 0 Å². The minimum Gasteiger partial charge on any atom is -0.539 e. The molecule has 45 heavy (non-hydrogen) atoms. The first kappa shape index (κ1) is 38.0. The topological polar surface area (TPSA) is 9.23 Å². The molecule has 1 atom stereocenters. The number of rotatable bonds is 16. The Kier molecular flexibility index (Phi) is 13.6. The van der Waals surface area contributed by atoms with Crippen molar-refractivity contribution in [3.8, 4) is 5.75 Å². The molecule has 3 rings (SSSR count). The zero-order valence-electron chi connectivity index (χ0n) is 28.8. The summed E-state index contributed by atoms with van der Waals surface area (Å²) >= 11 is 0. The second-order valence-electron chi connectivity index (χ2n) is 14.8. The van der Waals surface area contributed by atoms with E-state index in [1.54, 1.807) is 6.07 Å². The molecule has 0 amide bonds. The summed E-state index contributed by atoms with van der Waals surface area (Å²) in [6, 6.07) is 3.63. The lowest BCUT2D eigenvalue weighted by Crippen LogP contribution is -2.50. The highest BCUT2D eigenvalue weighted by molar-refractivity contribution is 6.83. The van der Waals surface area contributed by atoms with Gasteiger partial charge in [0.2, 0.25) is 5.82 Å². The fourth-order valence-electron chi connectivity index (χ4n) is 8.83. The first-order chi connectivity index (χ1) is 21.1. The maximum atomic E-state index is 15.8. The van der Waals surface area contributed by atoms with Gasteiger partial charge in [-0.25, -0.2) is 22.0 Å². The highest BCUT2D eigenvalue weighted by Crippen LogP contribution is 2.49. The van der Waals surface area contributed by atoms with E-state index in [0.29, 0.717) is 6.04 Å². The lowest BCUT2D eigenvalue weighted by Gasteiger charge is -2.44. The molecule has 0 aliphatic heterocycles. The number of benzene rings is 2. The average molecular weight is 674 g/mol. The van der Waals surface area contributed by atoms with Crippen molar-refractivity contribution >= 4 is 27.2 Å². The summed E-state index contributed by atoms with van der Waals surface area (Å²) < 4.78 is 95.3. The van der Waals surface area contributed by atoms with Crippen molar-refractivity contribution < 1.29 is 30.8 Å². The molecule has 0 N–H and O–H groups in total. The molecule has 1 radical (unpaired) electrons. The molecule has 1 aliphatic carbocycles. The van der Waals surface area contributed by atoms with Crippen molar-refractivity contribution in [2.24, 2.45) is 0 Å². The van der Waals surface area contributed by atoms with Gasteiger partial charge >= 0.3 is 0 Å². The van der Waals surface area contributed by atoms with Crippen LogP contribution in [-0.2, 0) is 0 Å². The number of unbranched alkanes of at least 4 members (excludes halogenated alkanes) is 5. The SMILES string of the molecule is CC(C)[Si](CCCCCCCC[Si](C(C)C)(C(C)C)C(C)C)(Oc1c(F)c(F)c2[c]c(F)c(F)c(F)c2c1F)C1CCCCC1. The van der Waals surface area contributed by atoms with Gasteiger partial charge in [-0.15, -0.1) is 0 Å². The van der Waals surface area contributed by atoms with E-state index in [1.165, 1.54) is 18.9 Å². The van der Waals surface area contributed by atoms with Gasteiger partial charge in [0, 0.05) is 11.5 Å². The Morgan fingerprint density at radius 3 is 1.62 bits per heavy atom. The Morgan fingerprint density at radius 2 is 1.11 bits per heavy atom. The fourth-order valence-corrected chi connectivity index (χ4v) is 20.6. The van der Waals surface area contributed by atoms with Gasteiger partial charge < -0.3 is 4.43 Å². The first-order valence-electron chi connectivity index (χ1n) is 17.4. The van der Waals surface area contributed by atoms with Crippen molar-refractivity contribution in [1.29, 1.82) is 0 Å². The van der Waals surface area contributed by atoms with E-state index >= 15 is 13.2 Å².